The molecule has 2 heterocycles. The van der Waals surface area contributed by atoms with Crippen molar-refractivity contribution in [2.24, 2.45) is 0 Å². The second-order valence-corrected chi connectivity index (χ2v) is 12.5. The molecule has 0 atom stereocenters. The molecule has 3 nitrogen and oxygen atoms in total. The molecule has 0 saturated carbocycles. The van der Waals surface area contributed by atoms with Crippen LogP contribution in [-0.4, -0.2) is 0 Å². The van der Waals surface area contributed by atoms with Crippen LogP contribution in [0.5, 0.6) is 0 Å². The molecule has 0 spiro atoms. The van der Waals surface area contributed by atoms with E-state index in [9.17, 15) is 0 Å². The maximum absolute atomic E-state index is 6.49. The topological polar surface area (TPSA) is 29.5 Å². The summed E-state index contributed by atoms with van der Waals surface area (Å²) in [5, 5.41) is 6.75. The molecule has 2 aromatic heterocycles. The van der Waals surface area contributed by atoms with Gasteiger partial charge in [0.2, 0.25) is 0 Å². The van der Waals surface area contributed by atoms with Gasteiger partial charge in [0.15, 0.2) is 0 Å². The Labute approximate surface area is 282 Å². The average Bonchev–Trinajstić information content (AvgIpc) is 3.74. The van der Waals surface area contributed by atoms with Gasteiger partial charge in [-0.2, -0.15) is 0 Å². The highest BCUT2D eigenvalue weighted by atomic mass is 16.3. The molecule has 8 aromatic carbocycles. The molecule has 10 aromatic rings. The molecule has 0 N–H and O–H groups in total. The van der Waals surface area contributed by atoms with Gasteiger partial charge in [-0.25, -0.2) is 0 Å². The highest BCUT2D eigenvalue weighted by molar-refractivity contribution is 6.19. The predicted octanol–water partition coefficient (Wildman–Crippen LogP) is 13.4. The third-order valence-corrected chi connectivity index (χ3v) is 9.65. The molecule has 0 saturated heterocycles. The molecule has 0 aliphatic heterocycles. The van der Waals surface area contributed by atoms with E-state index < -0.39 is 0 Å². The van der Waals surface area contributed by atoms with E-state index in [1.54, 1.807) is 0 Å². The molecule has 0 radical (unpaired) electrons. The summed E-state index contributed by atoms with van der Waals surface area (Å²) in [6.07, 6.45) is 0. The maximum atomic E-state index is 6.49. The van der Waals surface area contributed by atoms with Crippen LogP contribution in [0, 0.1) is 0 Å². The number of furan rings is 2. The molecule has 230 valence electrons. The summed E-state index contributed by atoms with van der Waals surface area (Å²) in [6.45, 7) is 0. The number of hydrogen-bond acceptors (Lipinski definition) is 3. The minimum absolute atomic E-state index is 0.853. The lowest BCUT2D eigenvalue weighted by Gasteiger charge is -2.29. The molecule has 0 bridgehead atoms. The molecule has 0 unspecified atom stereocenters. The van der Waals surface area contributed by atoms with Crippen molar-refractivity contribution in [3.05, 3.63) is 176 Å². The first-order chi connectivity index (χ1) is 24.3. The molecule has 10 rings (SSSR count). The standard InChI is InChI=1S/C46H29NO2/c1-2-11-30(12-3-1)32-23-25-35(26-24-32)47(38-17-10-20-42-45(38)36-15-6-8-18-40(36)48-42)39-27-28-43-46(37-16-7-9-19-41(37)49-43)44(39)34-22-21-31-13-4-5-14-33(31)29-34/h1-29H. The lowest BCUT2D eigenvalue weighted by molar-refractivity contribution is 0.668. The lowest BCUT2D eigenvalue weighted by atomic mass is 9.94. The van der Waals surface area contributed by atoms with E-state index in [-0.39, 0.29) is 0 Å². The van der Waals surface area contributed by atoms with Crippen molar-refractivity contribution in [1.82, 2.24) is 0 Å². The monoisotopic (exact) mass is 627 g/mol. The van der Waals surface area contributed by atoms with Crippen LogP contribution < -0.4 is 4.90 Å². The normalized spacial score (nSPS) is 11.7. The van der Waals surface area contributed by atoms with Crippen LogP contribution in [-0.2, 0) is 0 Å². The number of anilines is 3. The number of rotatable bonds is 5. The van der Waals surface area contributed by atoms with E-state index in [2.05, 4.69) is 163 Å². The van der Waals surface area contributed by atoms with Gasteiger partial charge in [-0.3, -0.25) is 0 Å². The van der Waals surface area contributed by atoms with Crippen LogP contribution in [0.1, 0.15) is 0 Å². The second kappa shape index (κ2) is 11.0. The third kappa shape index (κ3) is 4.44. The first-order valence-corrected chi connectivity index (χ1v) is 16.6. The summed E-state index contributed by atoms with van der Waals surface area (Å²) in [6, 6.07) is 62.1. The van der Waals surface area contributed by atoms with E-state index in [1.807, 2.05) is 18.2 Å². The Hall–Kier alpha value is -6.58. The predicted molar refractivity (Wildman–Crippen MR) is 204 cm³/mol. The van der Waals surface area contributed by atoms with Crippen LogP contribution in [0.25, 0.3) is 76.9 Å². The zero-order valence-corrected chi connectivity index (χ0v) is 26.5. The molecule has 0 aliphatic rings. The molecule has 0 fully saturated rings. The number of para-hydroxylation sites is 2. The van der Waals surface area contributed by atoms with Gasteiger partial charge in [0.1, 0.15) is 22.3 Å². The van der Waals surface area contributed by atoms with E-state index in [0.717, 1.165) is 72.1 Å². The lowest BCUT2D eigenvalue weighted by Crippen LogP contribution is -2.12. The Kier molecular flexibility index (Phi) is 6.18. The van der Waals surface area contributed by atoms with Gasteiger partial charge in [0.25, 0.3) is 0 Å². The van der Waals surface area contributed by atoms with Gasteiger partial charge in [-0.1, -0.05) is 121 Å². The van der Waals surface area contributed by atoms with Gasteiger partial charge < -0.3 is 13.7 Å². The zero-order valence-electron chi connectivity index (χ0n) is 26.5. The van der Waals surface area contributed by atoms with Gasteiger partial charge >= 0.3 is 0 Å². The molecular formula is C46H29NO2. The Morgan fingerprint density at radius 3 is 1.71 bits per heavy atom. The van der Waals surface area contributed by atoms with Gasteiger partial charge in [-0.05, 0) is 82.1 Å². The smallest absolute Gasteiger partial charge is 0.137 e. The average molecular weight is 628 g/mol. The molecule has 49 heavy (non-hydrogen) atoms. The van der Waals surface area contributed by atoms with Crippen molar-refractivity contribution < 1.29 is 8.83 Å². The summed E-state index contributed by atoms with van der Waals surface area (Å²) in [7, 11) is 0. The fraction of sp³-hybridized carbons (Fsp3) is 0. The summed E-state index contributed by atoms with van der Waals surface area (Å²) in [5.74, 6) is 0. The van der Waals surface area contributed by atoms with Crippen molar-refractivity contribution >= 4 is 71.7 Å². The number of fused-ring (bicyclic) bond motifs is 7. The Morgan fingerprint density at radius 2 is 0.939 bits per heavy atom. The van der Waals surface area contributed by atoms with E-state index in [1.165, 1.54) is 21.9 Å². The quantitative estimate of drug-likeness (QED) is 0.190. The molecule has 0 amide bonds. The summed E-state index contributed by atoms with van der Waals surface area (Å²) in [5.41, 5.74) is 11.2. The fourth-order valence-electron chi connectivity index (χ4n) is 7.41. The van der Waals surface area contributed by atoms with Crippen LogP contribution in [0.3, 0.4) is 0 Å². The summed E-state index contributed by atoms with van der Waals surface area (Å²) >= 11 is 0. The van der Waals surface area contributed by atoms with Crippen molar-refractivity contribution in [1.29, 1.82) is 0 Å². The first kappa shape index (κ1) is 27.5. The molecule has 3 heteroatoms. The van der Waals surface area contributed by atoms with Gasteiger partial charge in [0, 0.05) is 27.4 Å². The second-order valence-electron chi connectivity index (χ2n) is 12.5. The van der Waals surface area contributed by atoms with Crippen molar-refractivity contribution in [3.8, 4) is 22.3 Å². The Bertz CT molecular complexity index is 2830. The number of benzene rings is 8. The summed E-state index contributed by atoms with van der Waals surface area (Å²) < 4.78 is 12.9. The maximum Gasteiger partial charge on any atom is 0.137 e. The van der Waals surface area contributed by atoms with E-state index in [0.29, 0.717) is 0 Å². The number of hydrogen-bond donors (Lipinski definition) is 0. The highest BCUT2D eigenvalue weighted by Gasteiger charge is 2.25. The van der Waals surface area contributed by atoms with Crippen molar-refractivity contribution in [3.63, 3.8) is 0 Å². The van der Waals surface area contributed by atoms with Crippen LogP contribution in [0.15, 0.2) is 185 Å². The fourth-order valence-corrected chi connectivity index (χ4v) is 7.41. The Morgan fingerprint density at radius 1 is 0.347 bits per heavy atom. The Balaban J connectivity index is 1.31. The summed E-state index contributed by atoms with van der Waals surface area (Å²) in [4.78, 5) is 2.39. The van der Waals surface area contributed by atoms with Gasteiger partial charge in [0.05, 0.1) is 16.8 Å². The zero-order chi connectivity index (χ0) is 32.3. The highest BCUT2D eigenvalue weighted by Crippen LogP contribution is 2.50. The van der Waals surface area contributed by atoms with Crippen LogP contribution in [0.2, 0.25) is 0 Å². The van der Waals surface area contributed by atoms with Crippen molar-refractivity contribution in [2.45, 2.75) is 0 Å². The number of nitrogens with zero attached hydrogens (tertiary/aromatic N) is 1. The molecular weight excluding hydrogens is 599 g/mol. The minimum Gasteiger partial charge on any atom is -0.456 e. The van der Waals surface area contributed by atoms with Gasteiger partial charge in [-0.15, -0.1) is 0 Å². The van der Waals surface area contributed by atoms with E-state index in [4.69, 9.17) is 8.83 Å². The van der Waals surface area contributed by atoms with Crippen molar-refractivity contribution in [2.75, 3.05) is 4.90 Å². The largest absolute Gasteiger partial charge is 0.456 e. The van der Waals surface area contributed by atoms with Crippen LogP contribution >= 0.6 is 0 Å². The van der Waals surface area contributed by atoms with E-state index >= 15 is 0 Å². The SMILES string of the molecule is c1ccc(-c2ccc(N(c3ccc4oc5ccccc5c4c3-c3ccc4ccccc4c3)c3cccc4oc5ccccc5c34)cc2)cc1. The third-order valence-electron chi connectivity index (χ3n) is 9.65. The first-order valence-electron chi connectivity index (χ1n) is 16.6. The van der Waals surface area contributed by atoms with Crippen LogP contribution in [0.4, 0.5) is 17.1 Å². The molecule has 0 aliphatic carbocycles. The minimum atomic E-state index is 0.853.